The number of aromatic nitrogens is 5. The van der Waals surface area contributed by atoms with Crippen LogP contribution in [-0.2, 0) is 11.0 Å². The number of rotatable bonds is 0. The van der Waals surface area contributed by atoms with Crippen LogP contribution in [-0.4, -0.2) is 24.7 Å². The molecule has 0 saturated heterocycles. The fourth-order valence-electron chi connectivity index (χ4n) is 1.22. The molecule has 0 aliphatic heterocycles. The first kappa shape index (κ1) is 14.4. The van der Waals surface area contributed by atoms with Gasteiger partial charge >= 0.3 is 0 Å². The number of imidazole rings is 1. The van der Waals surface area contributed by atoms with E-state index in [-0.39, 0.29) is 11.0 Å². The second-order valence-electron chi connectivity index (χ2n) is 6.23. The molecule has 0 aliphatic rings. The first-order chi connectivity index (χ1) is 8.21. The van der Waals surface area contributed by atoms with Crippen molar-refractivity contribution in [2.24, 2.45) is 0 Å². The van der Waals surface area contributed by atoms with E-state index in [0.717, 1.165) is 5.82 Å². The molecule has 2 aromatic heterocycles. The largest absolute Gasteiger partial charge is 0.348 e. The molecule has 0 aromatic carbocycles. The van der Waals surface area contributed by atoms with Crippen molar-refractivity contribution in [1.29, 1.82) is 0 Å². The van der Waals surface area contributed by atoms with E-state index in [1.165, 1.54) is 0 Å². The van der Waals surface area contributed by atoms with Gasteiger partial charge in [0, 0.05) is 23.3 Å². The molecule has 18 heavy (non-hydrogen) atoms. The van der Waals surface area contributed by atoms with E-state index in [9.17, 15) is 0 Å². The van der Waals surface area contributed by atoms with Crippen LogP contribution in [0.2, 0.25) is 0 Å². The highest BCUT2D eigenvalue weighted by atomic mass is 15.2. The molecule has 0 fully saturated rings. The second-order valence-corrected chi connectivity index (χ2v) is 6.23. The Balaban J connectivity index is 0.000000180. The van der Waals surface area contributed by atoms with Gasteiger partial charge in [0.15, 0.2) is 0 Å². The van der Waals surface area contributed by atoms with Crippen LogP contribution in [0.15, 0.2) is 25.0 Å². The van der Waals surface area contributed by atoms with Gasteiger partial charge in [-0.05, 0) is 20.8 Å². The summed E-state index contributed by atoms with van der Waals surface area (Å²) in [6.45, 7) is 12.7. The van der Waals surface area contributed by atoms with Crippen LogP contribution >= 0.6 is 0 Å². The van der Waals surface area contributed by atoms with Crippen molar-refractivity contribution in [1.82, 2.24) is 24.7 Å². The van der Waals surface area contributed by atoms with Crippen LogP contribution in [0.25, 0.3) is 0 Å². The number of aromatic amines is 1. The Morgan fingerprint density at radius 3 is 1.78 bits per heavy atom. The minimum absolute atomic E-state index is 0.115. The SMILES string of the molecule is CC(C)(C)c1ncc[nH]1.CC(C)(C)n1cnnc1. The Morgan fingerprint density at radius 2 is 1.56 bits per heavy atom. The Kier molecular flexibility index (Phi) is 4.27. The van der Waals surface area contributed by atoms with Crippen molar-refractivity contribution in [2.45, 2.75) is 52.5 Å². The van der Waals surface area contributed by atoms with Gasteiger partial charge in [-0.15, -0.1) is 10.2 Å². The summed E-state index contributed by atoms with van der Waals surface area (Å²) in [6, 6.07) is 0. The van der Waals surface area contributed by atoms with Gasteiger partial charge in [-0.2, -0.15) is 0 Å². The molecule has 1 N–H and O–H groups in total. The summed E-state index contributed by atoms with van der Waals surface area (Å²) in [5, 5.41) is 7.40. The standard InChI is InChI=1S/C7H12N2.C6H11N3/c1-7(2,3)6-8-4-5-9-6;1-6(2,3)9-4-7-8-5-9/h4-5H,1-3H3,(H,8,9);4-5H,1-3H3. The molecule has 0 radical (unpaired) electrons. The highest BCUT2D eigenvalue weighted by Gasteiger charge is 2.14. The molecular weight excluding hydrogens is 226 g/mol. The second kappa shape index (κ2) is 5.33. The topological polar surface area (TPSA) is 59.4 Å². The maximum absolute atomic E-state index is 4.13. The molecule has 0 bridgehead atoms. The van der Waals surface area contributed by atoms with E-state index in [2.05, 4.69) is 61.7 Å². The molecule has 2 rings (SSSR count). The Morgan fingerprint density at radius 1 is 1.00 bits per heavy atom. The Hall–Kier alpha value is -1.65. The van der Waals surface area contributed by atoms with E-state index < -0.39 is 0 Å². The average molecular weight is 249 g/mol. The van der Waals surface area contributed by atoms with Gasteiger partial charge in [0.25, 0.3) is 0 Å². The van der Waals surface area contributed by atoms with Crippen LogP contribution in [0.3, 0.4) is 0 Å². The third-order valence-corrected chi connectivity index (χ3v) is 2.40. The molecule has 2 aromatic rings. The van der Waals surface area contributed by atoms with Gasteiger partial charge in [0.05, 0.1) is 0 Å². The maximum Gasteiger partial charge on any atom is 0.119 e. The smallest absolute Gasteiger partial charge is 0.119 e. The Labute approximate surface area is 109 Å². The number of H-pyrrole nitrogens is 1. The molecule has 5 nitrogen and oxygen atoms in total. The summed E-state index contributed by atoms with van der Waals surface area (Å²) in [4.78, 5) is 7.20. The van der Waals surface area contributed by atoms with Crippen molar-refractivity contribution in [2.75, 3.05) is 0 Å². The first-order valence-corrected chi connectivity index (χ1v) is 6.06. The predicted octanol–water partition coefficient (Wildman–Crippen LogP) is 2.74. The molecule has 0 unspecified atom stereocenters. The van der Waals surface area contributed by atoms with Crippen molar-refractivity contribution < 1.29 is 0 Å². The van der Waals surface area contributed by atoms with E-state index >= 15 is 0 Å². The molecule has 0 spiro atoms. The van der Waals surface area contributed by atoms with Crippen molar-refractivity contribution in [3.8, 4) is 0 Å². The highest BCUT2D eigenvalue weighted by molar-refractivity contribution is 5.00. The Bertz CT molecular complexity index is 384. The molecule has 0 saturated carbocycles. The predicted molar refractivity (Wildman–Crippen MR) is 72.3 cm³/mol. The summed E-state index contributed by atoms with van der Waals surface area (Å²) in [7, 11) is 0. The summed E-state index contributed by atoms with van der Waals surface area (Å²) in [6.07, 6.45) is 7.07. The van der Waals surface area contributed by atoms with Gasteiger partial charge in [0.2, 0.25) is 0 Å². The first-order valence-electron chi connectivity index (χ1n) is 6.06. The van der Waals surface area contributed by atoms with Crippen LogP contribution < -0.4 is 0 Å². The summed E-state index contributed by atoms with van der Waals surface area (Å²) in [5.74, 6) is 1.04. The van der Waals surface area contributed by atoms with Crippen LogP contribution in [0.1, 0.15) is 47.4 Å². The number of hydrogen-bond donors (Lipinski definition) is 1. The fourth-order valence-corrected chi connectivity index (χ4v) is 1.22. The van der Waals surface area contributed by atoms with Crippen LogP contribution in [0.5, 0.6) is 0 Å². The van der Waals surface area contributed by atoms with E-state index in [4.69, 9.17) is 0 Å². The lowest BCUT2D eigenvalue weighted by Gasteiger charge is -2.18. The molecule has 5 heteroatoms. The van der Waals surface area contributed by atoms with Gasteiger partial charge in [-0.1, -0.05) is 20.8 Å². The van der Waals surface area contributed by atoms with Gasteiger partial charge in [-0.25, -0.2) is 4.98 Å². The van der Waals surface area contributed by atoms with Gasteiger partial charge in [-0.3, -0.25) is 0 Å². The normalized spacial score (nSPS) is 11.9. The molecule has 0 aliphatic carbocycles. The molecule has 0 amide bonds. The quantitative estimate of drug-likeness (QED) is 0.781. The minimum Gasteiger partial charge on any atom is -0.348 e. The third kappa shape index (κ3) is 4.31. The van der Waals surface area contributed by atoms with Crippen molar-refractivity contribution in [3.05, 3.63) is 30.9 Å². The maximum atomic E-state index is 4.13. The highest BCUT2D eigenvalue weighted by Crippen LogP contribution is 2.16. The van der Waals surface area contributed by atoms with E-state index in [0.29, 0.717) is 0 Å². The fraction of sp³-hybridized carbons (Fsp3) is 0.615. The lowest BCUT2D eigenvalue weighted by Crippen LogP contribution is -2.19. The van der Waals surface area contributed by atoms with Gasteiger partial charge in [0.1, 0.15) is 18.5 Å². The summed E-state index contributed by atoms with van der Waals surface area (Å²) >= 11 is 0. The average Bonchev–Trinajstić information content (AvgIpc) is 2.91. The minimum atomic E-state index is 0.115. The van der Waals surface area contributed by atoms with E-state index in [1.807, 2.05) is 10.8 Å². The van der Waals surface area contributed by atoms with Gasteiger partial charge < -0.3 is 9.55 Å². The lowest BCUT2D eigenvalue weighted by molar-refractivity contribution is 0.395. The zero-order valence-electron chi connectivity index (χ0n) is 12.1. The van der Waals surface area contributed by atoms with Crippen molar-refractivity contribution in [3.63, 3.8) is 0 Å². The summed E-state index contributed by atoms with van der Waals surface area (Å²) in [5.41, 5.74) is 0.271. The zero-order chi connectivity index (χ0) is 13.8. The molecule has 0 atom stereocenters. The number of nitrogens with one attached hydrogen (secondary N) is 1. The van der Waals surface area contributed by atoms with Crippen molar-refractivity contribution >= 4 is 0 Å². The lowest BCUT2D eigenvalue weighted by atomic mass is 9.96. The van der Waals surface area contributed by atoms with E-state index in [1.54, 1.807) is 18.9 Å². The third-order valence-electron chi connectivity index (χ3n) is 2.40. The molecular formula is C13H23N5. The number of hydrogen-bond acceptors (Lipinski definition) is 3. The number of nitrogens with zero attached hydrogens (tertiary/aromatic N) is 4. The van der Waals surface area contributed by atoms with Crippen LogP contribution in [0, 0.1) is 0 Å². The molecule has 100 valence electrons. The summed E-state index contributed by atoms with van der Waals surface area (Å²) < 4.78 is 1.97. The molecule has 2 heterocycles. The monoisotopic (exact) mass is 249 g/mol. The zero-order valence-corrected chi connectivity index (χ0v) is 12.1. The van der Waals surface area contributed by atoms with Crippen LogP contribution in [0.4, 0.5) is 0 Å².